The van der Waals surface area contributed by atoms with E-state index in [-0.39, 0.29) is 18.5 Å². The summed E-state index contributed by atoms with van der Waals surface area (Å²) >= 11 is 0. The summed E-state index contributed by atoms with van der Waals surface area (Å²) in [5.74, 6) is -0.0406. The number of hydrogen-bond donors (Lipinski definition) is 2. The van der Waals surface area contributed by atoms with E-state index in [1.165, 1.54) is 0 Å². The molecule has 0 aliphatic carbocycles. The van der Waals surface area contributed by atoms with E-state index in [1.807, 2.05) is 0 Å². The van der Waals surface area contributed by atoms with Crippen LogP contribution < -0.4 is 10.8 Å². The lowest BCUT2D eigenvalue weighted by Crippen LogP contribution is -2.40. The first-order chi connectivity index (χ1) is 7.24. The lowest BCUT2D eigenvalue weighted by Gasteiger charge is -2.14. The molecule has 0 heterocycles. The molecule has 0 aliphatic rings. The first kappa shape index (κ1) is 14.3. The van der Waals surface area contributed by atoms with Gasteiger partial charge in [-0.15, -0.1) is 0 Å². The van der Waals surface area contributed by atoms with Crippen LogP contribution in [0.4, 0.5) is 0 Å². The first-order valence-corrected chi connectivity index (χ1v) is 5.37. The fourth-order valence-corrected chi connectivity index (χ4v) is 1.09. The highest BCUT2D eigenvalue weighted by molar-refractivity contribution is 5.78. The third-order valence-electron chi connectivity index (χ3n) is 2.08. The average molecular weight is 218 g/mol. The molecular formula is C10H22N2O3. The van der Waals surface area contributed by atoms with Crippen LogP contribution in [0.1, 0.15) is 26.7 Å². The van der Waals surface area contributed by atoms with Crippen LogP contribution in [0.15, 0.2) is 0 Å². The first-order valence-electron chi connectivity index (χ1n) is 5.37. The Labute approximate surface area is 91.5 Å². The molecule has 1 amide bonds. The van der Waals surface area contributed by atoms with E-state index in [9.17, 15) is 4.79 Å². The van der Waals surface area contributed by atoms with Gasteiger partial charge in [0, 0.05) is 13.2 Å². The fourth-order valence-electron chi connectivity index (χ4n) is 1.09. The Balaban J connectivity index is 3.40. The minimum absolute atomic E-state index is 0.0406. The van der Waals surface area contributed by atoms with Crippen LogP contribution in [0, 0.1) is 0 Å². The predicted octanol–water partition coefficient (Wildman–Crippen LogP) is 0.459. The Morgan fingerprint density at radius 3 is 2.47 bits per heavy atom. The maximum Gasteiger partial charge on any atom is 0.236 e. The van der Waals surface area contributed by atoms with Crippen molar-refractivity contribution < 1.29 is 14.4 Å². The summed E-state index contributed by atoms with van der Waals surface area (Å²) in [7, 11) is 1.60. The normalized spacial score (nSPS) is 10.7. The molecule has 0 aromatic carbocycles. The van der Waals surface area contributed by atoms with Gasteiger partial charge in [0.05, 0.1) is 19.8 Å². The number of rotatable bonds is 9. The fraction of sp³-hybridized carbons (Fsp3) is 0.900. The molecular weight excluding hydrogens is 196 g/mol. The minimum Gasteiger partial charge on any atom is -0.382 e. The van der Waals surface area contributed by atoms with Gasteiger partial charge in [-0.25, -0.2) is 0 Å². The highest BCUT2D eigenvalue weighted by Crippen LogP contribution is 1.94. The maximum atomic E-state index is 11.3. The zero-order valence-electron chi connectivity index (χ0n) is 9.84. The second kappa shape index (κ2) is 9.89. The third-order valence-corrected chi connectivity index (χ3v) is 2.08. The van der Waals surface area contributed by atoms with Crippen LogP contribution in [0.2, 0.25) is 0 Å². The summed E-state index contributed by atoms with van der Waals surface area (Å²) in [5.41, 5.74) is 2.58. The molecule has 5 heteroatoms. The Hall–Kier alpha value is -0.650. The third kappa shape index (κ3) is 8.35. The van der Waals surface area contributed by atoms with Crippen LogP contribution in [0.5, 0.6) is 0 Å². The SMILES string of the molecule is CCC(CC)NC(=O)CNOCCOC. The van der Waals surface area contributed by atoms with Crippen LogP contribution in [0.3, 0.4) is 0 Å². The van der Waals surface area contributed by atoms with Crippen molar-refractivity contribution in [3.8, 4) is 0 Å². The van der Waals surface area contributed by atoms with E-state index in [2.05, 4.69) is 24.6 Å². The van der Waals surface area contributed by atoms with E-state index in [0.717, 1.165) is 12.8 Å². The van der Waals surface area contributed by atoms with Crippen molar-refractivity contribution in [3.63, 3.8) is 0 Å². The standard InChI is InChI=1S/C10H22N2O3/c1-4-9(5-2)12-10(13)8-11-15-7-6-14-3/h9,11H,4-8H2,1-3H3,(H,12,13). The van der Waals surface area contributed by atoms with Crippen molar-refractivity contribution in [2.75, 3.05) is 26.9 Å². The van der Waals surface area contributed by atoms with Crippen LogP contribution in [-0.2, 0) is 14.4 Å². The van der Waals surface area contributed by atoms with Gasteiger partial charge in [-0.1, -0.05) is 13.8 Å². The number of carbonyl (C=O) groups is 1. The average Bonchev–Trinajstić information content (AvgIpc) is 2.25. The molecule has 0 aliphatic heterocycles. The second-order valence-electron chi connectivity index (χ2n) is 3.24. The summed E-state index contributed by atoms with van der Waals surface area (Å²) in [6.07, 6.45) is 1.90. The zero-order valence-corrected chi connectivity index (χ0v) is 9.84. The summed E-state index contributed by atoms with van der Waals surface area (Å²) in [5, 5.41) is 2.89. The molecule has 0 fully saturated rings. The molecule has 15 heavy (non-hydrogen) atoms. The van der Waals surface area contributed by atoms with Crippen LogP contribution in [-0.4, -0.2) is 38.8 Å². The van der Waals surface area contributed by atoms with Crippen molar-refractivity contribution in [2.24, 2.45) is 0 Å². The molecule has 0 spiro atoms. The minimum atomic E-state index is -0.0406. The van der Waals surface area contributed by atoms with Crippen molar-refractivity contribution in [1.29, 1.82) is 0 Å². The lowest BCUT2D eigenvalue weighted by atomic mass is 10.2. The van der Waals surface area contributed by atoms with E-state index in [0.29, 0.717) is 13.2 Å². The summed E-state index contributed by atoms with van der Waals surface area (Å²) in [6.45, 7) is 5.24. The van der Waals surface area contributed by atoms with Crippen molar-refractivity contribution in [2.45, 2.75) is 32.7 Å². The topological polar surface area (TPSA) is 59.6 Å². The number of methoxy groups -OCH3 is 1. The largest absolute Gasteiger partial charge is 0.382 e. The molecule has 0 aromatic heterocycles. The lowest BCUT2D eigenvalue weighted by molar-refractivity contribution is -0.123. The molecule has 0 bridgehead atoms. The van der Waals surface area contributed by atoms with E-state index in [4.69, 9.17) is 9.57 Å². The van der Waals surface area contributed by atoms with Crippen LogP contribution >= 0.6 is 0 Å². The van der Waals surface area contributed by atoms with E-state index < -0.39 is 0 Å². The number of ether oxygens (including phenoxy) is 1. The smallest absolute Gasteiger partial charge is 0.236 e. The van der Waals surface area contributed by atoms with Crippen LogP contribution in [0.25, 0.3) is 0 Å². The predicted molar refractivity (Wildman–Crippen MR) is 58.3 cm³/mol. The monoisotopic (exact) mass is 218 g/mol. The number of carbonyl (C=O) groups excluding carboxylic acids is 1. The summed E-state index contributed by atoms with van der Waals surface area (Å²) in [4.78, 5) is 16.3. The number of amides is 1. The maximum absolute atomic E-state index is 11.3. The molecule has 0 unspecified atom stereocenters. The van der Waals surface area contributed by atoms with Gasteiger partial charge in [0.2, 0.25) is 5.91 Å². The second-order valence-corrected chi connectivity index (χ2v) is 3.24. The molecule has 0 rings (SSSR count). The number of hydrogen-bond acceptors (Lipinski definition) is 4. The van der Waals surface area contributed by atoms with Gasteiger partial charge in [-0.3, -0.25) is 9.63 Å². The van der Waals surface area contributed by atoms with Gasteiger partial charge >= 0.3 is 0 Å². The van der Waals surface area contributed by atoms with Crippen molar-refractivity contribution in [3.05, 3.63) is 0 Å². The highest BCUT2D eigenvalue weighted by atomic mass is 16.7. The van der Waals surface area contributed by atoms with E-state index >= 15 is 0 Å². The van der Waals surface area contributed by atoms with Gasteiger partial charge in [0.1, 0.15) is 0 Å². The number of nitrogens with one attached hydrogen (secondary N) is 2. The quantitative estimate of drug-likeness (QED) is 0.436. The molecule has 0 aromatic rings. The summed E-state index contributed by atoms with van der Waals surface area (Å²) < 4.78 is 4.78. The molecule has 0 atom stereocenters. The zero-order chi connectivity index (χ0) is 11.5. The number of hydroxylamine groups is 1. The van der Waals surface area contributed by atoms with Gasteiger partial charge in [-0.05, 0) is 12.8 Å². The molecule has 2 N–H and O–H groups in total. The Kier molecular flexibility index (Phi) is 9.46. The van der Waals surface area contributed by atoms with Gasteiger partial charge in [0.25, 0.3) is 0 Å². The Morgan fingerprint density at radius 2 is 1.93 bits per heavy atom. The van der Waals surface area contributed by atoms with Crippen molar-refractivity contribution in [1.82, 2.24) is 10.8 Å². The highest BCUT2D eigenvalue weighted by Gasteiger charge is 2.07. The molecule has 0 radical (unpaired) electrons. The van der Waals surface area contributed by atoms with Gasteiger partial charge in [0.15, 0.2) is 0 Å². The Bertz CT molecular complexity index is 161. The summed E-state index contributed by atoms with van der Waals surface area (Å²) in [6, 6.07) is 0.262. The molecule has 0 saturated heterocycles. The Morgan fingerprint density at radius 1 is 1.27 bits per heavy atom. The molecule has 90 valence electrons. The van der Waals surface area contributed by atoms with Crippen molar-refractivity contribution >= 4 is 5.91 Å². The van der Waals surface area contributed by atoms with E-state index in [1.54, 1.807) is 7.11 Å². The van der Waals surface area contributed by atoms with Gasteiger partial charge < -0.3 is 10.1 Å². The molecule has 5 nitrogen and oxygen atoms in total. The van der Waals surface area contributed by atoms with Gasteiger partial charge in [-0.2, -0.15) is 5.48 Å². The molecule has 0 saturated carbocycles.